The molecule has 1 aliphatic heterocycles. The van der Waals surface area contributed by atoms with Gasteiger partial charge in [0.15, 0.2) is 11.4 Å². The van der Waals surface area contributed by atoms with E-state index < -0.39 is 11.4 Å². The normalized spacial score (nSPS) is 20.4. The average Bonchev–Trinajstić information content (AvgIpc) is 2.97. The number of ether oxygens (including phenoxy) is 2. The molecular weight excluding hydrogens is 298 g/mol. The van der Waals surface area contributed by atoms with E-state index in [0.29, 0.717) is 19.8 Å². The molecule has 1 aromatic heterocycles. The molecule has 2 unspecified atom stereocenters. The van der Waals surface area contributed by atoms with Gasteiger partial charge in [-0.3, -0.25) is 4.79 Å². The van der Waals surface area contributed by atoms with E-state index in [-0.39, 0.29) is 23.4 Å². The summed E-state index contributed by atoms with van der Waals surface area (Å²) in [6, 6.07) is 1.21. The van der Waals surface area contributed by atoms with Crippen molar-refractivity contribution in [2.24, 2.45) is 5.92 Å². The molecule has 1 aromatic rings. The van der Waals surface area contributed by atoms with Gasteiger partial charge in [-0.15, -0.1) is 6.58 Å². The van der Waals surface area contributed by atoms with Crippen LogP contribution in [0.1, 0.15) is 42.7 Å². The summed E-state index contributed by atoms with van der Waals surface area (Å²) in [6.07, 6.45) is 5.71. The number of carbonyl (C=O) groups is 1. The van der Waals surface area contributed by atoms with Gasteiger partial charge in [-0.05, 0) is 12.8 Å². The molecule has 0 saturated carbocycles. The van der Waals surface area contributed by atoms with E-state index in [1.165, 1.54) is 12.3 Å². The fourth-order valence-electron chi connectivity index (χ4n) is 2.81. The van der Waals surface area contributed by atoms with E-state index >= 15 is 0 Å². The van der Waals surface area contributed by atoms with Crippen LogP contribution >= 0.6 is 0 Å². The number of pyridine rings is 1. The molecule has 2 rings (SSSR count). The molecule has 0 bridgehead atoms. The van der Waals surface area contributed by atoms with Gasteiger partial charge < -0.3 is 19.1 Å². The number of carboxylic acids is 1. The van der Waals surface area contributed by atoms with Crippen molar-refractivity contribution < 1.29 is 19.4 Å². The Kier molecular flexibility index (Phi) is 5.98. The Morgan fingerprint density at radius 1 is 1.57 bits per heavy atom. The number of nitrogens with zero attached hydrogens (tertiary/aromatic N) is 1. The van der Waals surface area contributed by atoms with E-state index in [0.717, 1.165) is 19.3 Å². The average molecular weight is 321 g/mol. The Morgan fingerprint density at radius 2 is 2.35 bits per heavy atom. The summed E-state index contributed by atoms with van der Waals surface area (Å²) in [5.41, 5.74) is -0.507. The number of allylic oxidation sites excluding steroid dienone is 1. The van der Waals surface area contributed by atoms with Crippen molar-refractivity contribution in [2.45, 2.75) is 32.2 Å². The van der Waals surface area contributed by atoms with Crippen LogP contribution in [-0.2, 0) is 4.74 Å². The quantitative estimate of drug-likeness (QED) is 0.588. The molecule has 2 heterocycles. The molecule has 0 radical (unpaired) electrons. The van der Waals surface area contributed by atoms with E-state index in [1.807, 2.05) is 6.92 Å². The van der Waals surface area contributed by atoms with Crippen LogP contribution in [0.25, 0.3) is 0 Å². The lowest BCUT2D eigenvalue weighted by Crippen LogP contribution is -2.26. The highest BCUT2D eigenvalue weighted by molar-refractivity contribution is 5.89. The van der Waals surface area contributed by atoms with Crippen LogP contribution in [0.15, 0.2) is 29.7 Å². The van der Waals surface area contributed by atoms with Gasteiger partial charge in [0.1, 0.15) is 0 Å². The fraction of sp³-hybridized carbons (Fsp3) is 0.529. The van der Waals surface area contributed by atoms with Crippen LogP contribution in [0, 0.1) is 5.92 Å². The van der Waals surface area contributed by atoms with Gasteiger partial charge in [0, 0.05) is 18.2 Å². The van der Waals surface area contributed by atoms with Gasteiger partial charge in [0.2, 0.25) is 5.43 Å². The lowest BCUT2D eigenvalue weighted by atomic mass is 9.99. The molecule has 6 nitrogen and oxygen atoms in total. The molecule has 6 heteroatoms. The Morgan fingerprint density at radius 3 is 3.00 bits per heavy atom. The van der Waals surface area contributed by atoms with E-state index in [1.54, 1.807) is 10.6 Å². The predicted molar refractivity (Wildman–Crippen MR) is 86.2 cm³/mol. The van der Waals surface area contributed by atoms with Crippen LogP contribution in [0.3, 0.4) is 0 Å². The fourth-order valence-corrected chi connectivity index (χ4v) is 2.81. The standard InChI is InChI=1S/C17H23NO5/c1-3-5-9-23-16-14(19)7-8-18(15(16)17(20)21)13-11-22-10-12(13)6-4-2/h4,7-8,12-13H,2-3,5-6,9-11H2,1H3,(H,20,21). The monoisotopic (exact) mass is 321 g/mol. The number of unbranched alkanes of at least 4 members (excludes halogenated alkanes) is 1. The van der Waals surface area contributed by atoms with Gasteiger partial charge in [0.05, 0.1) is 25.9 Å². The smallest absolute Gasteiger partial charge is 0.356 e. The molecule has 0 spiro atoms. The molecule has 1 fully saturated rings. The second-order valence-electron chi connectivity index (χ2n) is 5.66. The van der Waals surface area contributed by atoms with Crippen LogP contribution in [0.5, 0.6) is 5.75 Å². The molecule has 0 aliphatic carbocycles. The highest BCUT2D eigenvalue weighted by Crippen LogP contribution is 2.31. The zero-order valence-electron chi connectivity index (χ0n) is 13.4. The number of carboxylic acid groups (broad SMARTS) is 1. The van der Waals surface area contributed by atoms with E-state index in [4.69, 9.17) is 9.47 Å². The van der Waals surface area contributed by atoms with Gasteiger partial charge in [-0.25, -0.2) is 4.79 Å². The molecule has 126 valence electrons. The minimum atomic E-state index is -1.17. The molecule has 0 amide bonds. The van der Waals surface area contributed by atoms with Gasteiger partial charge in [-0.2, -0.15) is 0 Å². The first kappa shape index (κ1) is 17.3. The maximum atomic E-state index is 12.1. The van der Waals surface area contributed by atoms with Crippen molar-refractivity contribution in [1.82, 2.24) is 4.57 Å². The zero-order chi connectivity index (χ0) is 16.8. The SMILES string of the molecule is C=CCC1COCC1n1ccc(=O)c(OCCCC)c1C(=O)O. The summed E-state index contributed by atoms with van der Waals surface area (Å²) in [6.45, 7) is 7.02. The first-order chi connectivity index (χ1) is 11.1. The van der Waals surface area contributed by atoms with Crippen LogP contribution in [0.4, 0.5) is 0 Å². The third-order valence-electron chi connectivity index (χ3n) is 4.02. The minimum Gasteiger partial charge on any atom is -0.487 e. The summed E-state index contributed by atoms with van der Waals surface area (Å²) in [4.78, 5) is 23.8. The van der Waals surface area contributed by atoms with Crippen molar-refractivity contribution in [2.75, 3.05) is 19.8 Å². The number of hydrogen-bond acceptors (Lipinski definition) is 4. The molecule has 1 saturated heterocycles. The van der Waals surface area contributed by atoms with Crippen LogP contribution in [-0.4, -0.2) is 35.5 Å². The van der Waals surface area contributed by atoms with E-state index in [2.05, 4.69) is 6.58 Å². The topological polar surface area (TPSA) is 77.8 Å². The maximum Gasteiger partial charge on any atom is 0.356 e. The second-order valence-corrected chi connectivity index (χ2v) is 5.66. The predicted octanol–water partition coefficient (Wildman–Crippen LogP) is 2.49. The third-order valence-corrected chi connectivity index (χ3v) is 4.02. The number of hydrogen-bond donors (Lipinski definition) is 1. The number of aromatic nitrogens is 1. The van der Waals surface area contributed by atoms with Crippen molar-refractivity contribution in [1.29, 1.82) is 0 Å². The molecule has 2 atom stereocenters. The molecule has 23 heavy (non-hydrogen) atoms. The Bertz CT molecular complexity index is 622. The van der Waals surface area contributed by atoms with Gasteiger partial charge in [0.25, 0.3) is 0 Å². The Hall–Kier alpha value is -2.08. The lowest BCUT2D eigenvalue weighted by molar-refractivity contribution is 0.0673. The van der Waals surface area contributed by atoms with E-state index in [9.17, 15) is 14.7 Å². The number of rotatable bonds is 8. The Labute approximate surface area is 135 Å². The molecule has 0 aromatic carbocycles. The number of aromatic carboxylic acids is 1. The summed E-state index contributed by atoms with van der Waals surface area (Å²) in [5.74, 6) is -1.12. The van der Waals surface area contributed by atoms with Crippen molar-refractivity contribution in [3.63, 3.8) is 0 Å². The first-order valence-electron chi connectivity index (χ1n) is 7.90. The second kappa shape index (κ2) is 7.97. The van der Waals surface area contributed by atoms with Crippen LogP contribution in [0.2, 0.25) is 0 Å². The zero-order valence-corrected chi connectivity index (χ0v) is 13.4. The van der Waals surface area contributed by atoms with Crippen molar-refractivity contribution in [3.05, 3.63) is 40.8 Å². The molecule has 1 N–H and O–H groups in total. The largest absolute Gasteiger partial charge is 0.487 e. The van der Waals surface area contributed by atoms with Gasteiger partial charge >= 0.3 is 5.97 Å². The third kappa shape index (κ3) is 3.82. The highest BCUT2D eigenvalue weighted by Gasteiger charge is 2.32. The lowest BCUT2D eigenvalue weighted by Gasteiger charge is -2.23. The molecular formula is C17H23NO5. The van der Waals surface area contributed by atoms with Crippen molar-refractivity contribution >= 4 is 5.97 Å². The first-order valence-corrected chi connectivity index (χ1v) is 7.90. The maximum absolute atomic E-state index is 12.1. The highest BCUT2D eigenvalue weighted by atomic mass is 16.5. The van der Waals surface area contributed by atoms with Gasteiger partial charge in [-0.1, -0.05) is 19.4 Å². The summed E-state index contributed by atoms with van der Waals surface area (Å²) >= 11 is 0. The Balaban J connectivity index is 2.42. The van der Waals surface area contributed by atoms with Crippen molar-refractivity contribution in [3.8, 4) is 5.75 Å². The minimum absolute atomic E-state index is 0.0855. The molecule has 1 aliphatic rings. The summed E-state index contributed by atoms with van der Waals surface area (Å²) in [5, 5.41) is 9.60. The summed E-state index contributed by atoms with van der Waals surface area (Å²) in [7, 11) is 0. The summed E-state index contributed by atoms with van der Waals surface area (Å²) < 4.78 is 12.6. The van der Waals surface area contributed by atoms with Crippen LogP contribution < -0.4 is 10.2 Å².